The minimum atomic E-state index is -0.868. The number of rotatable bonds is 4. The summed E-state index contributed by atoms with van der Waals surface area (Å²) in [4.78, 5) is 37.8. The van der Waals surface area contributed by atoms with E-state index in [0.29, 0.717) is 11.3 Å². The second-order valence-corrected chi connectivity index (χ2v) is 6.72. The number of aliphatic hydroxyl groups excluding tert-OH is 1. The van der Waals surface area contributed by atoms with Gasteiger partial charge in [-0.1, -0.05) is 60.7 Å². The largest absolute Gasteiger partial charge is 0.507 e. The maximum Gasteiger partial charge on any atom is 0.300 e. The number of benzene rings is 3. The number of carbonyl (C=O) groups is 2. The number of anilines is 1. The first-order valence-electron chi connectivity index (χ1n) is 9.15. The number of amides is 1. The number of carbonyl (C=O) groups excluding carboxylic acids is 2. The maximum absolute atomic E-state index is 13.0. The van der Waals surface area contributed by atoms with E-state index in [9.17, 15) is 24.8 Å². The van der Waals surface area contributed by atoms with Crippen molar-refractivity contribution in [3.05, 3.63) is 112 Å². The number of nitro groups is 1. The van der Waals surface area contributed by atoms with Crippen molar-refractivity contribution >= 4 is 28.8 Å². The lowest BCUT2D eigenvalue weighted by atomic mass is 9.95. The highest BCUT2D eigenvalue weighted by molar-refractivity contribution is 6.51. The highest BCUT2D eigenvalue weighted by Gasteiger charge is 2.46. The Morgan fingerprint density at radius 2 is 1.53 bits per heavy atom. The van der Waals surface area contributed by atoms with E-state index >= 15 is 0 Å². The molecule has 1 N–H and O–H groups in total. The first-order valence-corrected chi connectivity index (χ1v) is 9.15. The van der Waals surface area contributed by atoms with E-state index in [-0.39, 0.29) is 16.8 Å². The smallest absolute Gasteiger partial charge is 0.300 e. The van der Waals surface area contributed by atoms with Gasteiger partial charge in [-0.05, 0) is 17.7 Å². The summed E-state index contributed by atoms with van der Waals surface area (Å²) in [5, 5.41) is 22.1. The first-order chi connectivity index (χ1) is 14.5. The van der Waals surface area contributed by atoms with Gasteiger partial charge in [-0.15, -0.1) is 0 Å². The molecule has 0 radical (unpaired) electrons. The molecule has 3 aromatic rings. The Bertz CT molecular complexity index is 1170. The van der Waals surface area contributed by atoms with Crippen LogP contribution in [0.3, 0.4) is 0 Å². The number of para-hydroxylation sites is 1. The molecule has 0 saturated carbocycles. The average Bonchev–Trinajstić information content (AvgIpc) is 3.05. The summed E-state index contributed by atoms with van der Waals surface area (Å²) in [6, 6.07) is 22.0. The third-order valence-corrected chi connectivity index (χ3v) is 4.92. The van der Waals surface area contributed by atoms with Crippen LogP contribution in [-0.2, 0) is 9.59 Å². The number of nitrogens with zero attached hydrogens (tertiary/aromatic N) is 2. The van der Waals surface area contributed by atoms with Crippen LogP contribution in [0.2, 0.25) is 0 Å². The topological polar surface area (TPSA) is 101 Å². The molecule has 4 rings (SSSR count). The number of hydrogen-bond acceptors (Lipinski definition) is 5. The van der Waals surface area contributed by atoms with Crippen molar-refractivity contribution in [1.29, 1.82) is 0 Å². The van der Waals surface area contributed by atoms with Crippen LogP contribution in [0.15, 0.2) is 90.5 Å². The van der Waals surface area contributed by atoms with Crippen LogP contribution < -0.4 is 4.90 Å². The minimum absolute atomic E-state index is 0.0937. The molecule has 1 heterocycles. The van der Waals surface area contributed by atoms with Gasteiger partial charge in [-0.3, -0.25) is 24.6 Å². The van der Waals surface area contributed by atoms with Gasteiger partial charge in [0.1, 0.15) is 5.76 Å². The van der Waals surface area contributed by atoms with E-state index in [1.165, 1.54) is 29.2 Å². The molecule has 1 fully saturated rings. The quantitative estimate of drug-likeness (QED) is 0.232. The molecule has 0 bridgehead atoms. The van der Waals surface area contributed by atoms with Crippen molar-refractivity contribution < 1.29 is 19.6 Å². The van der Waals surface area contributed by atoms with Crippen LogP contribution in [-0.4, -0.2) is 21.7 Å². The Morgan fingerprint density at radius 1 is 0.900 bits per heavy atom. The van der Waals surface area contributed by atoms with Gasteiger partial charge in [0.05, 0.1) is 16.5 Å². The summed E-state index contributed by atoms with van der Waals surface area (Å²) in [6.07, 6.45) is 0. The van der Waals surface area contributed by atoms with Gasteiger partial charge in [-0.25, -0.2) is 0 Å². The number of aliphatic hydroxyl groups is 1. The number of Topliss-reactive ketones (excluding diaryl/α,β-unsaturated/α-hetero) is 1. The molecule has 0 spiro atoms. The first kappa shape index (κ1) is 19.1. The van der Waals surface area contributed by atoms with Crippen LogP contribution in [0.25, 0.3) is 5.76 Å². The zero-order valence-electron chi connectivity index (χ0n) is 15.6. The van der Waals surface area contributed by atoms with Gasteiger partial charge in [0, 0.05) is 23.4 Å². The van der Waals surface area contributed by atoms with E-state index in [0.717, 1.165) is 0 Å². The Kier molecular flexibility index (Phi) is 4.85. The molecule has 1 aliphatic heterocycles. The van der Waals surface area contributed by atoms with Crippen LogP contribution in [0.1, 0.15) is 17.2 Å². The van der Waals surface area contributed by atoms with Gasteiger partial charge in [-0.2, -0.15) is 0 Å². The van der Waals surface area contributed by atoms with Crippen molar-refractivity contribution in [2.75, 3.05) is 4.90 Å². The number of ketones is 1. The number of nitro benzene ring substituents is 1. The van der Waals surface area contributed by atoms with Gasteiger partial charge in [0.2, 0.25) is 0 Å². The van der Waals surface area contributed by atoms with E-state index in [1.54, 1.807) is 60.7 Å². The maximum atomic E-state index is 13.0. The lowest BCUT2D eigenvalue weighted by Crippen LogP contribution is -2.29. The zero-order chi connectivity index (χ0) is 21.3. The Labute approximate surface area is 171 Å². The number of non-ortho nitro benzene ring substituents is 1. The summed E-state index contributed by atoms with van der Waals surface area (Å²) < 4.78 is 0. The molecule has 7 nitrogen and oxygen atoms in total. The standard InChI is InChI=1S/C23H16N2O5/c26-21(16-10-7-13-18(14-16)25(29)30)19-20(15-8-3-1-4-9-15)24(23(28)22(19)27)17-11-5-2-6-12-17/h1-14,20,26H/b21-19-. The van der Waals surface area contributed by atoms with Crippen molar-refractivity contribution in [2.45, 2.75) is 6.04 Å². The molecular formula is C23H16N2O5. The van der Waals surface area contributed by atoms with E-state index < -0.39 is 28.4 Å². The summed E-state index contributed by atoms with van der Waals surface area (Å²) in [6.45, 7) is 0. The lowest BCUT2D eigenvalue weighted by molar-refractivity contribution is -0.384. The summed E-state index contributed by atoms with van der Waals surface area (Å²) in [5.74, 6) is -2.08. The van der Waals surface area contributed by atoms with Crippen LogP contribution in [0.5, 0.6) is 0 Å². The van der Waals surface area contributed by atoms with Crippen molar-refractivity contribution in [2.24, 2.45) is 0 Å². The van der Waals surface area contributed by atoms with E-state index in [4.69, 9.17) is 0 Å². The predicted molar refractivity (Wildman–Crippen MR) is 111 cm³/mol. The molecule has 1 unspecified atom stereocenters. The normalized spacial score (nSPS) is 17.9. The molecule has 3 aromatic carbocycles. The molecule has 0 aromatic heterocycles. The molecular weight excluding hydrogens is 384 g/mol. The Morgan fingerprint density at radius 3 is 2.17 bits per heavy atom. The minimum Gasteiger partial charge on any atom is -0.507 e. The zero-order valence-corrected chi connectivity index (χ0v) is 15.6. The highest BCUT2D eigenvalue weighted by Crippen LogP contribution is 2.42. The summed E-state index contributed by atoms with van der Waals surface area (Å²) >= 11 is 0. The Hall–Kier alpha value is -4.26. The molecule has 1 amide bonds. The van der Waals surface area contributed by atoms with Crippen molar-refractivity contribution in [1.82, 2.24) is 0 Å². The van der Waals surface area contributed by atoms with Crippen LogP contribution in [0.4, 0.5) is 11.4 Å². The van der Waals surface area contributed by atoms with Gasteiger partial charge in [0.25, 0.3) is 17.4 Å². The summed E-state index contributed by atoms with van der Waals surface area (Å²) in [5.41, 5.74) is 0.887. The molecule has 1 aliphatic rings. The fraction of sp³-hybridized carbons (Fsp3) is 0.0435. The third-order valence-electron chi connectivity index (χ3n) is 4.92. The molecule has 1 atom stereocenters. The molecule has 30 heavy (non-hydrogen) atoms. The van der Waals surface area contributed by atoms with Crippen molar-refractivity contribution in [3.8, 4) is 0 Å². The molecule has 0 aliphatic carbocycles. The fourth-order valence-electron chi connectivity index (χ4n) is 3.56. The van der Waals surface area contributed by atoms with Crippen LogP contribution in [0, 0.1) is 10.1 Å². The van der Waals surface area contributed by atoms with E-state index in [1.807, 2.05) is 0 Å². The Balaban J connectivity index is 1.94. The average molecular weight is 400 g/mol. The molecule has 7 heteroatoms. The second-order valence-electron chi connectivity index (χ2n) is 6.72. The highest BCUT2D eigenvalue weighted by atomic mass is 16.6. The third kappa shape index (κ3) is 3.22. The fourth-order valence-corrected chi connectivity index (χ4v) is 3.56. The van der Waals surface area contributed by atoms with Gasteiger partial charge < -0.3 is 5.11 Å². The monoisotopic (exact) mass is 400 g/mol. The number of hydrogen-bond donors (Lipinski definition) is 1. The van der Waals surface area contributed by atoms with Gasteiger partial charge >= 0.3 is 0 Å². The lowest BCUT2D eigenvalue weighted by Gasteiger charge is -2.25. The van der Waals surface area contributed by atoms with Gasteiger partial charge in [0.15, 0.2) is 0 Å². The molecule has 148 valence electrons. The van der Waals surface area contributed by atoms with E-state index in [2.05, 4.69) is 0 Å². The SMILES string of the molecule is O=C1C(=O)N(c2ccccc2)C(c2ccccc2)/C1=C(/O)c1cccc([N+](=O)[O-])c1. The molecule has 1 saturated heterocycles. The van der Waals surface area contributed by atoms with Crippen molar-refractivity contribution in [3.63, 3.8) is 0 Å². The van der Waals surface area contributed by atoms with Crippen LogP contribution >= 0.6 is 0 Å². The second kappa shape index (κ2) is 7.63. The predicted octanol–water partition coefficient (Wildman–Crippen LogP) is 4.22. The summed E-state index contributed by atoms with van der Waals surface area (Å²) in [7, 11) is 0.